The molecule has 0 heterocycles. The molecule has 8 nitrogen and oxygen atoms in total. The van der Waals surface area contributed by atoms with Gasteiger partial charge in [0, 0.05) is 6.42 Å². The van der Waals surface area contributed by atoms with Crippen molar-refractivity contribution in [2.75, 3.05) is 40.9 Å². The molecule has 0 radical (unpaired) electrons. The molecule has 9 heteroatoms. The summed E-state index contributed by atoms with van der Waals surface area (Å²) in [6, 6.07) is -0.796. The SMILES string of the molecule is CCCCCCCCCCCCCCCCCCCCCCCCCCCCCCC(O)C(COP(=O)([O-])OCC[N+](C)(C)C)NC(=O)CCCCCCCCCCCCCCCCCCCCCCCCCCC. The molecule has 1 amide bonds. The van der Waals surface area contributed by atoms with E-state index in [2.05, 4.69) is 19.2 Å². The molecular weight excluding hydrogens is 948 g/mol. The normalized spacial score (nSPS) is 13.6. The van der Waals surface area contributed by atoms with Crippen molar-refractivity contribution in [3.8, 4) is 0 Å². The predicted octanol–water partition coefficient (Wildman–Crippen LogP) is 20.5. The first kappa shape index (κ1) is 74.5. The zero-order chi connectivity index (χ0) is 54.9. The fourth-order valence-electron chi connectivity index (χ4n) is 10.8. The summed E-state index contributed by atoms with van der Waals surface area (Å²) in [4.78, 5) is 25.6. The van der Waals surface area contributed by atoms with Crippen molar-refractivity contribution in [3.63, 3.8) is 0 Å². The van der Waals surface area contributed by atoms with Crippen molar-refractivity contribution in [1.29, 1.82) is 0 Å². The van der Waals surface area contributed by atoms with E-state index in [4.69, 9.17) is 9.05 Å². The summed E-state index contributed by atoms with van der Waals surface area (Å²) in [6.45, 7) is 4.80. The van der Waals surface area contributed by atoms with Gasteiger partial charge in [-0.3, -0.25) is 9.36 Å². The van der Waals surface area contributed by atoms with Gasteiger partial charge in [-0.15, -0.1) is 0 Å². The van der Waals surface area contributed by atoms with E-state index in [-0.39, 0.29) is 19.1 Å². The van der Waals surface area contributed by atoms with Crippen LogP contribution in [0.1, 0.15) is 367 Å². The number of phosphoric acid groups is 1. The minimum absolute atomic E-state index is 0.0169. The van der Waals surface area contributed by atoms with Crippen molar-refractivity contribution < 1.29 is 32.9 Å². The maximum atomic E-state index is 13.0. The Labute approximate surface area is 470 Å². The molecule has 0 aromatic carbocycles. The van der Waals surface area contributed by atoms with Gasteiger partial charge in [0.2, 0.25) is 5.91 Å². The van der Waals surface area contributed by atoms with Gasteiger partial charge in [0.05, 0.1) is 39.9 Å². The number of nitrogens with zero attached hydrogens (tertiary/aromatic N) is 1. The van der Waals surface area contributed by atoms with Crippen LogP contribution in [0.3, 0.4) is 0 Å². The molecule has 0 saturated heterocycles. The number of nitrogens with one attached hydrogen (secondary N) is 1. The lowest BCUT2D eigenvalue weighted by molar-refractivity contribution is -0.870. The molecule has 0 saturated carbocycles. The topological polar surface area (TPSA) is 108 Å². The zero-order valence-corrected chi connectivity index (χ0v) is 52.4. The minimum atomic E-state index is -4.57. The van der Waals surface area contributed by atoms with E-state index in [1.54, 1.807) is 0 Å². The van der Waals surface area contributed by atoms with Crippen LogP contribution in [0.25, 0.3) is 0 Å². The van der Waals surface area contributed by atoms with Gasteiger partial charge >= 0.3 is 0 Å². The van der Waals surface area contributed by atoms with E-state index in [1.807, 2.05) is 21.1 Å². The van der Waals surface area contributed by atoms with Gasteiger partial charge in [0.1, 0.15) is 13.2 Å². The number of unbranched alkanes of at least 4 members (excludes halogenated alkanes) is 51. The summed E-state index contributed by atoms with van der Waals surface area (Å²) in [5.41, 5.74) is 0. The summed E-state index contributed by atoms with van der Waals surface area (Å²) in [6.07, 6.45) is 71.7. The van der Waals surface area contributed by atoms with Gasteiger partial charge in [-0.05, 0) is 12.8 Å². The van der Waals surface area contributed by atoms with Crippen LogP contribution in [-0.4, -0.2) is 68.5 Å². The van der Waals surface area contributed by atoms with Crippen LogP contribution in [0.15, 0.2) is 0 Å². The lowest BCUT2D eigenvalue weighted by Crippen LogP contribution is -2.46. The largest absolute Gasteiger partial charge is 0.756 e. The van der Waals surface area contributed by atoms with Gasteiger partial charge in [-0.25, -0.2) is 0 Å². The van der Waals surface area contributed by atoms with E-state index in [1.165, 1.54) is 302 Å². The van der Waals surface area contributed by atoms with Crippen molar-refractivity contribution in [2.24, 2.45) is 0 Å². The Hall–Kier alpha value is -0.500. The van der Waals surface area contributed by atoms with Crippen molar-refractivity contribution in [2.45, 2.75) is 379 Å². The second-order valence-electron chi connectivity index (χ2n) is 24.9. The number of aliphatic hydroxyl groups is 1. The molecule has 0 aliphatic rings. The number of phosphoric ester groups is 1. The molecular formula is C66H135N2O6P. The van der Waals surface area contributed by atoms with E-state index in [0.29, 0.717) is 23.9 Å². The molecule has 0 aromatic heterocycles. The fourth-order valence-corrected chi connectivity index (χ4v) is 11.5. The predicted molar refractivity (Wildman–Crippen MR) is 326 cm³/mol. The number of likely N-dealkylation sites (N-methyl/N-ethyl adjacent to an activating group) is 1. The van der Waals surface area contributed by atoms with Gasteiger partial charge in [-0.2, -0.15) is 0 Å². The zero-order valence-electron chi connectivity index (χ0n) is 51.5. The smallest absolute Gasteiger partial charge is 0.268 e. The van der Waals surface area contributed by atoms with Crippen LogP contribution in [0.5, 0.6) is 0 Å². The van der Waals surface area contributed by atoms with Crippen molar-refractivity contribution in [1.82, 2.24) is 5.32 Å². The maximum absolute atomic E-state index is 13.0. The summed E-state index contributed by atoms with van der Waals surface area (Å²) >= 11 is 0. The Morgan fingerprint density at radius 3 is 0.907 bits per heavy atom. The highest BCUT2D eigenvalue weighted by atomic mass is 31.2. The third-order valence-corrected chi connectivity index (χ3v) is 17.1. The molecule has 450 valence electrons. The summed E-state index contributed by atoms with van der Waals surface area (Å²) in [5.74, 6) is -0.154. The van der Waals surface area contributed by atoms with E-state index < -0.39 is 20.0 Å². The van der Waals surface area contributed by atoms with Crippen LogP contribution >= 0.6 is 7.82 Å². The average Bonchev–Trinajstić information content (AvgIpc) is 3.37. The van der Waals surface area contributed by atoms with Gasteiger partial charge in [0.15, 0.2) is 0 Å². The third kappa shape index (κ3) is 61.0. The molecule has 0 aliphatic carbocycles. The Balaban J connectivity index is 4.01. The lowest BCUT2D eigenvalue weighted by atomic mass is 10.0. The van der Waals surface area contributed by atoms with Gasteiger partial charge in [0.25, 0.3) is 7.82 Å². The molecule has 3 unspecified atom stereocenters. The standard InChI is InChI=1S/C66H135N2O6P/c1-6-8-10-12-14-16-18-20-22-24-26-28-30-32-33-34-36-37-39-41-43-45-47-49-51-53-55-57-59-65(69)64(63-74-75(71,72)73-62-61-68(3,4)5)67-66(70)60-58-56-54-52-50-48-46-44-42-40-38-35-31-29-27-25-23-21-19-17-15-13-11-9-7-2/h64-65,69H,6-63H2,1-5H3,(H-,67,70,71,72). The molecule has 75 heavy (non-hydrogen) atoms. The molecule has 3 atom stereocenters. The molecule has 0 aliphatic heterocycles. The van der Waals surface area contributed by atoms with E-state index >= 15 is 0 Å². The Kier molecular flexibility index (Phi) is 57.8. The molecule has 0 rings (SSSR count). The molecule has 0 spiro atoms. The van der Waals surface area contributed by atoms with Crippen molar-refractivity contribution in [3.05, 3.63) is 0 Å². The summed E-state index contributed by atoms with van der Waals surface area (Å²) in [5, 5.41) is 14.1. The average molecular weight is 1080 g/mol. The highest BCUT2D eigenvalue weighted by Gasteiger charge is 2.24. The highest BCUT2D eigenvalue weighted by molar-refractivity contribution is 7.45. The number of carbonyl (C=O) groups excluding carboxylic acids is 1. The second-order valence-corrected chi connectivity index (χ2v) is 26.3. The van der Waals surface area contributed by atoms with Gasteiger partial charge in [-0.1, -0.05) is 348 Å². The second kappa shape index (κ2) is 58.2. The quantitative estimate of drug-likeness (QED) is 0.0357. The third-order valence-electron chi connectivity index (χ3n) is 16.1. The molecule has 0 aromatic rings. The van der Waals surface area contributed by atoms with Gasteiger partial charge < -0.3 is 28.8 Å². The molecule has 2 N–H and O–H groups in total. The van der Waals surface area contributed by atoms with E-state index in [0.717, 1.165) is 38.5 Å². The van der Waals surface area contributed by atoms with Crippen LogP contribution in [0.2, 0.25) is 0 Å². The first-order valence-corrected chi connectivity index (χ1v) is 35.3. The number of quaternary nitrogens is 1. The Bertz CT molecular complexity index is 1180. The van der Waals surface area contributed by atoms with Crippen LogP contribution in [-0.2, 0) is 18.4 Å². The number of aliphatic hydroxyl groups excluding tert-OH is 1. The van der Waals surface area contributed by atoms with Crippen LogP contribution < -0.4 is 10.2 Å². The fraction of sp³-hybridized carbons (Fsp3) is 0.985. The number of hydrogen-bond donors (Lipinski definition) is 2. The summed E-state index contributed by atoms with van der Waals surface area (Å²) < 4.78 is 23.5. The van der Waals surface area contributed by atoms with E-state index in [9.17, 15) is 19.4 Å². The number of rotatable bonds is 64. The number of amides is 1. The van der Waals surface area contributed by atoms with Crippen LogP contribution in [0.4, 0.5) is 0 Å². The van der Waals surface area contributed by atoms with Crippen molar-refractivity contribution >= 4 is 13.7 Å². The highest BCUT2D eigenvalue weighted by Crippen LogP contribution is 2.38. The number of hydrogen-bond acceptors (Lipinski definition) is 6. The maximum Gasteiger partial charge on any atom is 0.268 e. The first-order valence-electron chi connectivity index (χ1n) is 33.9. The summed E-state index contributed by atoms with van der Waals surface area (Å²) in [7, 11) is 1.33. The van der Waals surface area contributed by atoms with Crippen LogP contribution in [0, 0.1) is 0 Å². The molecule has 0 fully saturated rings. The Morgan fingerprint density at radius 2 is 0.653 bits per heavy atom. The number of carbonyl (C=O) groups is 1. The lowest BCUT2D eigenvalue weighted by Gasteiger charge is -2.30. The first-order chi connectivity index (χ1) is 36.5. The Morgan fingerprint density at radius 1 is 0.413 bits per heavy atom. The molecule has 0 bridgehead atoms. The monoisotopic (exact) mass is 1080 g/mol. The minimum Gasteiger partial charge on any atom is -0.756 e.